The molecular formula is C36H40N4O7. The zero-order chi connectivity index (χ0) is 32.9. The Balaban J connectivity index is 1.33. The SMILES string of the molecule is COc1cc(OC)nc(Oc2cc3c(cc2OC)CCN(CC(=O)NC2CCc4ccccc42)C3Cc2ccc(OC)c(OC)c2)n1. The summed E-state index contributed by atoms with van der Waals surface area (Å²) in [6.45, 7) is 0.938. The second kappa shape index (κ2) is 14.2. The van der Waals surface area contributed by atoms with Crippen LogP contribution >= 0.6 is 0 Å². The number of nitrogens with one attached hydrogen (secondary N) is 1. The lowest BCUT2D eigenvalue weighted by molar-refractivity contribution is -0.123. The fraction of sp³-hybridized carbons (Fsp3) is 0.361. The quantitative estimate of drug-likeness (QED) is 0.220. The summed E-state index contributed by atoms with van der Waals surface area (Å²) in [5.41, 5.74) is 5.68. The van der Waals surface area contributed by atoms with Crippen LogP contribution in [0.2, 0.25) is 0 Å². The minimum absolute atomic E-state index is 0.00525. The number of hydrogen-bond acceptors (Lipinski definition) is 10. The van der Waals surface area contributed by atoms with Crippen molar-refractivity contribution in [3.63, 3.8) is 0 Å². The smallest absolute Gasteiger partial charge is 0.328 e. The van der Waals surface area contributed by atoms with Gasteiger partial charge in [0.15, 0.2) is 23.0 Å². The Kier molecular flexibility index (Phi) is 9.63. The van der Waals surface area contributed by atoms with Crippen LogP contribution in [-0.4, -0.2) is 69.4 Å². The van der Waals surface area contributed by atoms with Crippen LogP contribution in [0.15, 0.2) is 60.7 Å². The van der Waals surface area contributed by atoms with Crippen molar-refractivity contribution < 1.29 is 33.2 Å². The van der Waals surface area contributed by atoms with E-state index in [1.165, 1.54) is 25.3 Å². The summed E-state index contributed by atoms with van der Waals surface area (Å²) in [4.78, 5) is 24.5. The number of benzene rings is 3. The molecular weight excluding hydrogens is 600 g/mol. The van der Waals surface area contributed by atoms with Crippen LogP contribution in [0.1, 0.15) is 46.3 Å². The molecule has 47 heavy (non-hydrogen) atoms. The minimum Gasteiger partial charge on any atom is -0.493 e. The standard InChI is InChI=1S/C36H40N4O7/c1-42-29-13-10-22(17-30(29)43-2)16-28-26-19-32(47-36-38-34(45-4)20-35(39-36)46-5)31(44-3)18-24(26)14-15-40(28)21-33(41)37-27-12-11-23-8-6-7-9-25(23)27/h6-10,13,17-20,27-28H,11-12,14-16,21H2,1-5H3,(H,37,41). The Bertz CT molecular complexity index is 1720. The zero-order valence-corrected chi connectivity index (χ0v) is 27.4. The van der Waals surface area contributed by atoms with Gasteiger partial charge in [0.25, 0.3) is 0 Å². The lowest BCUT2D eigenvalue weighted by Gasteiger charge is -2.38. The molecule has 2 aliphatic rings. The average molecular weight is 641 g/mol. The first kappa shape index (κ1) is 31.9. The molecule has 1 aliphatic carbocycles. The molecule has 1 amide bonds. The fourth-order valence-electron chi connectivity index (χ4n) is 6.53. The zero-order valence-electron chi connectivity index (χ0n) is 27.4. The molecule has 0 saturated heterocycles. The van der Waals surface area contributed by atoms with E-state index in [1.54, 1.807) is 27.4 Å². The summed E-state index contributed by atoms with van der Waals surface area (Å²) in [5.74, 6) is 2.89. The number of carbonyl (C=O) groups is 1. The molecule has 11 nitrogen and oxygen atoms in total. The van der Waals surface area contributed by atoms with Gasteiger partial charge < -0.3 is 33.7 Å². The van der Waals surface area contributed by atoms with E-state index < -0.39 is 0 Å². The first-order valence-electron chi connectivity index (χ1n) is 15.6. The number of rotatable bonds is 12. The molecule has 4 aromatic rings. The van der Waals surface area contributed by atoms with Gasteiger partial charge in [-0.15, -0.1) is 0 Å². The molecule has 1 aliphatic heterocycles. The first-order valence-corrected chi connectivity index (χ1v) is 15.6. The van der Waals surface area contributed by atoms with Crippen LogP contribution in [0, 0.1) is 0 Å². The molecule has 0 saturated carbocycles. The van der Waals surface area contributed by atoms with Gasteiger partial charge >= 0.3 is 6.01 Å². The van der Waals surface area contributed by atoms with Gasteiger partial charge in [-0.3, -0.25) is 9.69 Å². The van der Waals surface area contributed by atoms with E-state index in [0.29, 0.717) is 47.7 Å². The van der Waals surface area contributed by atoms with Gasteiger partial charge in [-0.2, -0.15) is 9.97 Å². The van der Waals surface area contributed by atoms with E-state index in [9.17, 15) is 4.79 Å². The van der Waals surface area contributed by atoms with E-state index in [1.807, 2.05) is 36.4 Å². The number of aryl methyl sites for hydroxylation is 1. The largest absolute Gasteiger partial charge is 0.493 e. The summed E-state index contributed by atoms with van der Waals surface area (Å²) in [5, 5.41) is 3.31. The van der Waals surface area contributed by atoms with Gasteiger partial charge in [-0.25, -0.2) is 0 Å². The summed E-state index contributed by atoms with van der Waals surface area (Å²) in [7, 11) is 7.87. The topological polar surface area (TPSA) is 114 Å². The second-order valence-corrected chi connectivity index (χ2v) is 11.5. The van der Waals surface area contributed by atoms with Crippen LogP contribution < -0.4 is 33.7 Å². The van der Waals surface area contributed by atoms with Crippen molar-refractivity contribution in [3.05, 3.63) is 88.5 Å². The van der Waals surface area contributed by atoms with E-state index in [0.717, 1.165) is 36.0 Å². The number of amides is 1. The van der Waals surface area contributed by atoms with Crippen molar-refractivity contribution in [2.24, 2.45) is 0 Å². The van der Waals surface area contributed by atoms with Crippen molar-refractivity contribution >= 4 is 5.91 Å². The van der Waals surface area contributed by atoms with E-state index in [4.69, 9.17) is 28.4 Å². The average Bonchev–Trinajstić information content (AvgIpc) is 3.51. The number of hydrogen-bond donors (Lipinski definition) is 1. The Morgan fingerprint density at radius 1 is 0.766 bits per heavy atom. The maximum absolute atomic E-state index is 13.6. The van der Waals surface area contributed by atoms with Gasteiger partial charge in [0.1, 0.15) is 0 Å². The van der Waals surface area contributed by atoms with Crippen molar-refractivity contribution in [1.29, 1.82) is 0 Å². The van der Waals surface area contributed by atoms with Gasteiger partial charge in [0, 0.05) is 12.6 Å². The summed E-state index contributed by atoms with van der Waals surface area (Å²) < 4.78 is 33.7. The number of carbonyl (C=O) groups excluding carboxylic acids is 1. The molecule has 11 heteroatoms. The van der Waals surface area contributed by atoms with Crippen molar-refractivity contribution in [2.75, 3.05) is 48.6 Å². The van der Waals surface area contributed by atoms with Gasteiger partial charge in [-0.05, 0) is 77.8 Å². The van der Waals surface area contributed by atoms with Crippen LogP contribution in [0.4, 0.5) is 0 Å². The molecule has 246 valence electrons. The van der Waals surface area contributed by atoms with Gasteiger partial charge in [0.05, 0.1) is 54.2 Å². The number of aromatic nitrogens is 2. The third-order valence-electron chi connectivity index (χ3n) is 8.86. The van der Waals surface area contributed by atoms with Crippen LogP contribution in [0.25, 0.3) is 0 Å². The van der Waals surface area contributed by atoms with Crippen LogP contribution in [-0.2, 0) is 24.1 Å². The number of nitrogens with zero attached hydrogens (tertiary/aromatic N) is 3. The van der Waals surface area contributed by atoms with Gasteiger partial charge in [0.2, 0.25) is 17.7 Å². The Morgan fingerprint density at radius 2 is 1.49 bits per heavy atom. The lowest BCUT2D eigenvalue weighted by Crippen LogP contribution is -2.44. The maximum Gasteiger partial charge on any atom is 0.328 e. The summed E-state index contributed by atoms with van der Waals surface area (Å²) in [6, 6.07) is 19.7. The summed E-state index contributed by atoms with van der Waals surface area (Å²) in [6.07, 6.45) is 3.22. The third kappa shape index (κ3) is 6.90. The number of ether oxygens (including phenoxy) is 6. The Morgan fingerprint density at radius 3 is 2.21 bits per heavy atom. The van der Waals surface area contributed by atoms with Gasteiger partial charge in [-0.1, -0.05) is 30.3 Å². The Labute approximate surface area is 274 Å². The van der Waals surface area contributed by atoms with E-state index >= 15 is 0 Å². The molecule has 3 aromatic carbocycles. The van der Waals surface area contributed by atoms with E-state index in [2.05, 4.69) is 38.4 Å². The van der Waals surface area contributed by atoms with Crippen molar-refractivity contribution in [1.82, 2.24) is 20.2 Å². The third-order valence-corrected chi connectivity index (χ3v) is 8.86. The summed E-state index contributed by atoms with van der Waals surface area (Å²) >= 11 is 0. The first-order chi connectivity index (χ1) is 22.9. The number of methoxy groups -OCH3 is 5. The highest BCUT2D eigenvalue weighted by Crippen LogP contribution is 2.42. The molecule has 2 heterocycles. The maximum atomic E-state index is 13.6. The highest BCUT2D eigenvalue weighted by Gasteiger charge is 2.32. The van der Waals surface area contributed by atoms with E-state index in [-0.39, 0.29) is 30.5 Å². The molecule has 0 radical (unpaired) electrons. The van der Waals surface area contributed by atoms with Crippen molar-refractivity contribution in [3.8, 4) is 40.8 Å². The minimum atomic E-state index is -0.160. The molecule has 0 fully saturated rings. The van der Waals surface area contributed by atoms with Crippen LogP contribution in [0.3, 0.4) is 0 Å². The second-order valence-electron chi connectivity index (χ2n) is 11.5. The molecule has 1 aromatic heterocycles. The molecule has 0 spiro atoms. The predicted octanol–water partition coefficient (Wildman–Crippen LogP) is 5.26. The number of fused-ring (bicyclic) bond motifs is 2. The lowest BCUT2D eigenvalue weighted by atomic mass is 9.88. The van der Waals surface area contributed by atoms with Crippen LogP contribution in [0.5, 0.6) is 40.8 Å². The van der Waals surface area contributed by atoms with Crippen molar-refractivity contribution in [2.45, 2.75) is 37.8 Å². The predicted molar refractivity (Wildman–Crippen MR) is 175 cm³/mol. The fourth-order valence-corrected chi connectivity index (χ4v) is 6.53. The highest BCUT2D eigenvalue weighted by atomic mass is 16.5. The molecule has 1 N–H and O–H groups in total. The molecule has 0 bridgehead atoms. The monoisotopic (exact) mass is 640 g/mol. The Hall–Kier alpha value is -5.03. The molecule has 2 atom stereocenters. The highest BCUT2D eigenvalue weighted by molar-refractivity contribution is 5.79. The molecule has 6 rings (SSSR count). The normalized spacial score (nSPS) is 16.9. The molecule has 2 unspecified atom stereocenters.